The molecule has 0 spiro atoms. The molecule has 0 heterocycles. The van der Waals surface area contributed by atoms with Crippen molar-refractivity contribution in [1.29, 1.82) is 21.0 Å². The van der Waals surface area contributed by atoms with Gasteiger partial charge in [-0.15, -0.1) is 0 Å². The smallest absolute Gasteiger partial charge is 0.206 e. The Hall–Kier alpha value is -7.02. The molecule has 0 saturated carbocycles. The SMILES string of the molecule is N#CC(C#N)=C1c2cc(-c3ccc(C(F)(F)F)c(F)c3)ccc2-c2cc3c(cc21)C(=C(C#N)C#N)c1cc(-c2ccc(C(F)(F)F)c(F)c2)ccc1-3. The van der Waals surface area contributed by atoms with Gasteiger partial charge in [0.25, 0.3) is 0 Å². The number of hydrogen-bond donors (Lipinski definition) is 0. The van der Waals surface area contributed by atoms with Gasteiger partial charge in [0.15, 0.2) is 0 Å². The Morgan fingerprint density at radius 3 is 1.02 bits per heavy atom. The van der Waals surface area contributed by atoms with Gasteiger partial charge in [-0.25, -0.2) is 8.78 Å². The van der Waals surface area contributed by atoms with E-state index in [9.17, 15) is 56.2 Å². The van der Waals surface area contributed by atoms with Crippen molar-refractivity contribution in [3.63, 3.8) is 0 Å². The Kier molecular flexibility index (Phi) is 7.60. The van der Waals surface area contributed by atoms with E-state index in [0.717, 1.165) is 24.3 Å². The fourth-order valence-electron chi connectivity index (χ4n) is 6.74. The van der Waals surface area contributed by atoms with Crippen LogP contribution < -0.4 is 0 Å². The number of allylic oxidation sites excluding steroid dienone is 2. The molecule has 0 aliphatic heterocycles. The number of nitrogens with zero attached hydrogens (tertiary/aromatic N) is 4. The van der Waals surface area contributed by atoms with Crippen molar-refractivity contribution in [3.8, 4) is 68.8 Å². The molecule has 0 bridgehead atoms. The van der Waals surface area contributed by atoms with Gasteiger partial charge in [-0.1, -0.05) is 36.4 Å². The number of hydrogen-bond acceptors (Lipinski definition) is 4. The van der Waals surface area contributed by atoms with Gasteiger partial charge in [0.2, 0.25) is 0 Å². The van der Waals surface area contributed by atoms with E-state index in [1.807, 2.05) is 24.3 Å². The van der Waals surface area contributed by atoms with Crippen LogP contribution in [0.15, 0.2) is 96.1 Å². The maximum Gasteiger partial charge on any atom is 0.419 e. The number of fused-ring (bicyclic) bond motifs is 6. The molecule has 0 atom stereocenters. The van der Waals surface area contributed by atoms with Gasteiger partial charge in [-0.2, -0.15) is 47.4 Å². The van der Waals surface area contributed by atoms with Crippen LogP contribution >= 0.6 is 0 Å². The highest BCUT2D eigenvalue weighted by Crippen LogP contribution is 2.54. The minimum atomic E-state index is -4.91. The van der Waals surface area contributed by atoms with Crippen LogP contribution in [0.2, 0.25) is 0 Å². The predicted octanol–water partition coefficient (Wildman–Crippen LogP) is 11.0. The van der Waals surface area contributed by atoms with E-state index in [1.165, 1.54) is 12.1 Å². The Balaban J connectivity index is 1.42. The van der Waals surface area contributed by atoms with Crippen LogP contribution in [0.4, 0.5) is 35.1 Å². The van der Waals surface area contributed by atoms with E-state index in [2.05, 4.69) is 0 Å². The van der Waals surface area contributed by atoms with Crippen LogP contribution in [0.1, 0.15) is 33.4 Å². The Bertz CT molecular complexity index is 2460. The molecule has 5 aromatic carbocycles. The maximum absolute atomic E-state index is 14.5. The highest BCUT2D eigenvalue weighted by atomic mass is 19.4. The Labute approximate surface area is 289 Å². The fourth-order valence-corrected chi connectivity index (χ4v) is 6.74. The first kappa shape index (κ1) is 33.5. The van der Waals surface area contributed by atoms with Crippen molar-refractivity contribution in [2.24, 2.45) is 0 Å². The maximum atomic E-state index is 14.5. The standard InChI is InChI=1S/C40H14F8N4/c41-35-11-21(3-7-33(35)39(43,44)45)19-1-5-25-27-13-28-26-6-2-20(22-4-8-34(36(42)12-22)40(46,47)48)10-30(26)38(24(17-51)18-52)32(28)14-31(27)37(29(25)9-19)23(15-49)16-50/h1-14H. The van der Waals surface area contributed by atoms with Crippen LogP contribution in [0, 0.1) is 57.0 Å². The monoisotopic (exact) mass is 702 g/mol. The number of halogens is 8. The molecule has 250 valence electrons. The fraction of sp³-hybridized carbons (Fsp3) is 0.0500. The third-order valence-corrected chi connectivity index (χ3v) is 9.02. The molecule has 0 saturated heterocycles. The molecule has 0 N–H and O–H groups in total. The first-order valence-electron chi connectivity index (χ1n) is 15.0. The molecule has 2 aliphatic rings. The van der Waals surface area contributed by atoms with Crippen molar-refractivity contribution in [3.05, 3.63) is 141 Å². The molecule has 4 nitrogen and oxygen atoms in total. The van der Waals surface area contributed by atoms with Gasteiger partial charge in [0.1, 0.15) is 47.1 Å². The summed E-state index contributed by atoms with van der Waals surface area (Å²) < 4.78 is 108. The molecular formula is C40H14F8N4. The summed E-state index contributed by atoms with van der Waals surface area (Å²) in [5, 5.41) is 39.9. The summed E-state index contributed by atoms with van der Waals surface area (Å²) in [5.41, 5.74) is 1.24. The van der Waals surface area contributed by atoms with E-state index >= 15 is 0 Å². The van der Waals surface area contributed by atoms with Crippen molar-refractivity contribution in [2.75, 3.05) is 0 Å². The first-order valence-corrected chi connectivity index (χ1v) is 15.0. The van der Waals surface area contributed by atoms with E-state index in [0.29, 0.717) is 67.8 Å². The second-order valence-corrected chi connectivity index (χ2v) is 11.8. The molecule has 0 fully saturated rings. The summed E-state index contributed by atoms with van der Waals surface area (Å²) in [4.78, 5) is 0. The summed E-state index contributed by atoms with van der Waals surface area (Å²) in [6.07, 6.45) is -9.81. The third-order valence-electron chi connectivity index (χ3n) is 9.02. The molecule has 12 heteroatoms. The zero-order valence-corrected chi connectivity index (χ0v) is 25.9. The van der Waals surface area contributed by atoms with Crippen LogP contribution in [-0.2, 0) is 12.4 Å². The number of benzene rings is 5. The highest BCUT2D eigenvalue weighted by Gasteiger charge is 2.37. The van der Waals surface area contributed by atoms with Crippen LogP contribution in [0.25, 0.3) is 55.7 Å². The highest BCUT2D eigenvalue weighted by molar-refractivity contribution is 6.11. The summed E-state index contributed by atoms with van der Waals surface area (Å²) in [6.45, 7) is 0. The van der Waals surface area contributed by atoms with E-state index < -0.39 is 35.1 Å². The van der Waals surface area contributed by atoms with E-state index in [4.69, 9.17) is 0 Å². The molecule has 7 rings (SSSR count). The molecule has 0 amide bonds. The van der Waals surface area contributed by atoms with Crippen LogP contribution in [-0.4, -0.2) is 0 Å². The summed E-state index contributed by atoms with van der Waals surface area (Å²) >= 11 is 0. The van der Waals surface area contributed by atoms with Gasteiger partial charge in [0, 0.05) is 11.1 Å². The lowest BCUT2D eigenvalue weighted by Crippen LogP contribution is -2.07. The lowest BCUT2D eigenvalue weighted by atomic mass is 9.92. The van der Waals surface area contributed by atoms with Crippen LogP contribution in [0.5, 0.6) is 0 Å². The third kappa shape index (κ3) is 5.18. The second-order valence-electron chi connectivity index (χ2n) is 11.8. The van der Waals surface area contributed by atoms with E-state index in [1.54, 1.807) is 36.4 Å². The van der Waals surface area contributed by atoms with E-state index in [-0.39, 0.29) is 33.4 Å². The average Bonchev–Trinajstić information content (AvgIpc) is 3.58. The predicted molar refractivity (Wildman–Crippen MR) is 173 cm³/mol. The Morgan fingerprint density at radius 2 is 0.692 bits per heavy atom. The average molecular weight is 703 g/mol. The Morgan fingerprint density at radius 1 is 0.385 bits per heavy atom. The summed E-state index contributed by atoms with van der Waals surface area (Å²) in [6, 6.07) is 25.2. The van der Waals surface area contributed by atoms with Gasteiger partial charge >= 0.3 is 12.4 Å². The zero-order valence-electron chi connectivity index (χ0n) is 25.9. The summed E-state index contributed by atoms with van der Waals surface area (Å²) in [5.74, 6) is -2.96. The van der Waals surface area contributed by atoms with Crippen LogP contribution in [0.3, 0.4) is 0 Å². The van der Waals surface area contributed by atoms with Crippen molar-refractivity contribution >= 4 is 11.1 Å². The van der Waals surface area contributed by atoms with Gasteiger partial charge < -0.3 is 0 Å². The van der Waals surface area contributed by atoms with Gasteiger partial charge in [-0.05, 0) is 115 Å². The van der Waals surface area contributed by atoms with Crippen molar-refractivity contribution < 1.29 is 35.1 Å². The van der Waals surface area contributed by atoms with Crippen molar-refractivity contribution in [2.45, 2.75) is 12.4 Å². The number of nitriles is 4. The summed E-state index contributed by atoms with van der Waals surface area (Å²) in [7, 11) is 0. The molecule has 5 aromatic rings. The lowest BCUT2D eigenvalue weighted by molar-refractivity contribution is -0.140. The normalized spacial score (nSPS) is 12.5. The molecule has 0 unspecified atom stereocenters. The minimum Gasteiger partial charge on any atom is -0.206 e. The zero-order chi connectivity index (χ0) is 37.3. The quantitative estimate of drug-likeness (QED) is 0.132. The van der Waals surface area contributed by atoms with Crippen molar-refractivity contribution in [1.82, 2.24) is 0 Å². The number of alkyl halides is 6. The molecular weight excluding hydrogens is 688 g/mol. The number of rotatable bonds is 2. The minimum absolute atomic E-state index is 0.108. The molecule has 2 aliphatic carbocycles. The largest absolute Gasteiger partial charge is 0.419 e. The van der Waals surface area contributed by atoms with Gasteiger partial charge in [0.05, 0.1) is 11.1 Å². The second kappa shape index (κ2) is 11.8. The topological polar surface area (TPSA) is 95.2 Å². The first-order chi connectivity index (χ1) is 24.7. The molecule has 52 heavy (non-hydrogen) atoms. The molecule has 0 aromatic heterocycles. The lowest BCUT2D eigenvalue weighted by Gasteiger charge is -2.11. The molecule has 0 radical (unpaired) electrons. The van der Waals surface area contributed by atoms with Gasteiger partial charge in [-0.3, -0.25) is 0 Å².